The number of hydrogen-bond donors (Lipinski definition) is 3. The van der Waals surface area contributed by atoms with Crippen molar-refractivity contribution in [1.29, 1.82) is 0 Å². The Labute approximate surface area is 148 Å². The number of nitrogens with zero attached hydrogens (tertiary/aromatic N) is 1. The van der Waals surface area contributed by atoms with Gasteiger partial charge in [0.05, 0.1) is 6.20 Å². The van der Waals surface area contributed by atoms with Crippen molar-refractivity contribution in [2.75, 3.05) is 10.6 Å². The fraction of sp³-hybridized carbons (Fsp3) is 0.474. The minimum absolute atomic E-state index is 0.0481. The molecule has 25 heavy (non-hydrogen) atoms. The monoisotopic (exact) mass is 342 g/mol. The van der Waals surface area contributed by atoms with Crippen molar-refractivity contribution in [3.63, 3.8) is 0 Å². The first-order chi connectivity index (χ1) is 11.8. The number of hydrogen-bond acceptors (Lipinski definition) is 4. The number of carbonyl (C=O) groups excluding carboxylic acids is 1. The first kappa shape index (κ1) is 17.3. The van der Waals surface area contributed by atoms with E-state index in [0.29, 0.717) is 11.9 Å². The van der Waals surface area contributed by atoms with E-state index in [1.165, 1.54) is 0 Å². The summed E-state index contributed by atoms with van der Waals surface area (Å²) in [6.07, 6.45) is 3.94. The van der Waals surface area contributed by atoms with Crippen LogP contribution in [0.5, 0.6) is 0 Å². The van der Waals surface area contributed by atoms with Crippen LogP contribution in [0, 0.1) is 0 Å². The summed E-state index contributed by atoms with van der Waals surface area (Å²) in [5, 5.41) is 9.10. The number of nitrogens with one attached hydrogen (secondary N) is 3. The molecule has 0 unspecified atom stereocenters. The van der Waals surface area contributed by atoms with E-state index >= 15 is 0 Å². The van der Waals surface area contributed by atoms with Gasteiger partial charge in [0.1, 0.15) is 11.8 Å². The molecule has 1 aromatic carbocycles. The average molecular weight is 342 g/mol. The normalized spacial score (nSPS) is 15.5. The summed E-state index contributed by atoms with van der Waals surface area (Å²) in [4.78, 5) is 16.1. The predicted molar refractivity (Wildman–Crippen MR) is 98.9 cm³/mol. The molecule has 3 N–H and O–H groups in total. The molecule has 6 heteroatoms. The Morgan fingerprint density at radius 3 is 2.40 bits per heavy atom. The van der Waals surface area contributed by atoms with E-state index < -0.39 is 0 Å². The van der Waals surface area contributed by atoms with Crippen LogP contribution in [0.2, 0.25) is 0 Å². The van der Waals surface area contributed by atoms with Gasteiger partial charge in [-0.15, -0.1) is 0 Å². The summed E-state index contributed by atoms with van der Waals surface area (Å²) in [7, 11) is 0. The number of carbonyl (C=O) groups is 1. The number of oxazole rings is 1. The molecule has 134 valence electrons. The van der Waals surface area contributed by atoms with Gasteiger partial charge >= 0.3 is 6.03 Å². The minimum Gasteiger partial charge on any atom is -0.443 e. The zero-order valence-corrected chi connectivity index (χ0v) is 15.2. The van der Waals surface area contributed by atoms with Crippen LogP contribution < -0.4 is 16.0 Å². The van der Waals surface area contributed by atoms with Gasteiger partial charge in [0.2, 0.25) is 5.89 Å². The van der Waals surface area contributed by atoms with Crippen LogP contribution in [0.3, 0.4) is 0 Å². The molecule has 1 heterocycles. The van der Waals surface area contributed by atoms with Crippen LogP contribution in [-0.4, -0.2) is 17.1 Å². The van der Waals surface area contributed by atoms with Gasteiger partial charge in [0.25, 0.3) is 0 Å². The molecule has 3 rings (SSSR count). The van der Waals surface area contributed by atoms with Gasteiger partial charge in [0, 0.05) is 22.8 Å². The summed E-state index contributed by atoms with van der Waals surface area (Å²) < 4.78 is 5.86. The topological polar surface area (TPSA) is 79.2 Å². The molecule has 1 aromatic heterocycles. The van der Waals surface area contributed by atoms with Gasteiger partial charge in [0.15, 0.2) is 0 Å². The number of benzene rings is 1. The molecule has 2 amide bonds. The zero-order chi connectivity index (χ0) is 18.0. The molecule has 0 radical (unpaired) electrons. The highest BCUT2D eigenvalue weighted by atomic mass is 16.4. The zero-order valence-electron chi connectivity index (χ0n) is 15.2. The van der Waals surface area contributed by atoms with Crippen LogP contribution in [-0.2, 0) is 5.41 Å². The number of rotatable bonds is 5. The van der Waals surface area contributed by atoms with Crippen LogP contribution in [0.25, 0.3) is 0 Å². The van der Waals surface area contributed by atoms with Crippen molar-refractivity contribution in [2.24, 2.45) is 0 Å². The van der Waals surface area contributed by atoms with Gasteiger partial charge < -0.3 is 20.4 Å². The van der Waals surface area contributed by atoms with E-state index in [-0.39, 0.29) is 17.5 Å². The molecule has 0 aliphatic heterocycles. The predicted octanol–water partition coefficient (Wildman–Crippen LogP) is 4.43. The van der Waals surface area contributed by atoms with Crippen molar-refractivity contribution < 1.29 is 9.21 Å². The van der Waals surface area contributed by atoms with Gasteiger partial charge in [-0.25, -0.2) is 9.78 Å². The molecule has 1 aliphatic carbocycles. The number of aromatic nitrogens is 1. The second kappa shape index (κ2) is 6.78. The smallest absolute Gasteiger partial charge is 0.319 e. The quantitative estimate of drug-likeness (QED) is 0.751. The molecular formula is C19H26N4O2. The summed E-state index contributed by atoms with van der Waals surface area (Å²) in [6, 6.07) is 7.75. The highest BCUT2D eigenvalue weighted by Crippen LogP contribution is 2.26. The molecule has 2 aromatic rings. The Kier molecular flexibility index (Phi) is 4.70. The first-order valence-electron chi connectivity index (χ1n) is 8.71. The van der Waals surface area contributed by atoms with Crippen molar-refractivity contribution in [1.82, 2.24) is 10.3 Å². The lowest BCUT2D eigenvalue weighted by Crippen LogP contribution is -2.30. The van der Waals surface area contributed by atoms with Crippen LogP contribution >= 0.6 is 0 Å². The van der Waals surface area contributed by atoms with Crippen molar-refractivity contribution >= 4 is 17.4 Å². The van der Waals surface area contributed by atoms with Gasteiger partial charge in [-0.05, 0) is 44.0 Å². The van der Waals surface area contributed by atoms with Crippen molar-refractivity contribution in [3.05, 3.63) is 42.1 Å². The third kappa shape index (κ3) is 4.75. The maximum absolute atomic E-state index is 11.7. The Morgan fingerprint density at radius 1 is 1.20 bits per heavy atom. The van der Waals surface area contributed by atoms with E-state index in [2.05, 4.69) is 41.7 Å². The van der Waals surface area contributed by atoms with E-state index in [0.717, 1.165) is 30.0 Å². The molecule has 1 fully saturated rings. The fourth-order valence-corrected chi connectivity index (χ4v) is 2.38. The molecule has 1 aliphatic rings. The molecule has 1 saturated carbocycles. The van der Waals surface area contributed by atoms with Crippen LogP contribution in [0.15, 0.2) is 34.9 Å². The Hall–Kier alpha value is -2.50. The molecule has 1 atom stereocenters. The Bertz CT molecular complexity index is 727. The standard InChI is InChI=1S/C19H26N4O2/c1-12(17-20-11-16(25-17)19(2,3)4)21-13-5-7-14(8-6-13)22-18(24)23-15-9-10-15/h5-8,11-12,15,21H,9-10H2,1-4H3,(H2,22,23,24)/t12-/m1/s1. The Balaban J connectivity index is 1.56. The molecule has 0 saturated heterocycles. The van der Waals surface area contributed by atoms with Crippen molar-refractivity contribution in [3.8, 4) is 0 Å². The molecule has 0 spiro atoms. The number of urea groups is 1. The van der Waals surface area contributed by atoms with E-state index in [1.54, 1.807) is 6.20 Å². The van der Waals surface area contributed by atoms with Gasteiger partial charge in [-0.2, -0.15) is 0 Å². The van der Waals surface area contributed by atoms with Crippen LogP contribution in [0.1, 0.15) is 58.2 Å². The first-order valence-corrected chi connectivity index (χ1v) is 8.71. The molecule has 6 nitrogen and oxygen atoms in total. The molecule has 0 bridgehead atoms. The maximum atomic E-state index is 11.7. The highest BCUT2D eigenvalue weighted by Gasteiger charge is 2.23. The van der Waals surface area contributed by atoms with E-state index in [1.807, 2.05) is 31.2 Å². The van der Waals surface area contributed by atoms with Crippen LogP contribution in [0.4, 0.5) is 16.2 Å². The van der Waals surface area contributed by atoms with Crippen molar-refractivity contribution in [2.45, 2.75) is 58.0 Å². The second-order valence-electron chi connectivity index (χ2n) is 7.63. The maximum Gasteiger partial charge on any atom is 0.319 e. The van der Waals surface area contributed by atoms with Gasteiger partial charge in [-0.1, -0.05) is 20.8 Å². The SMILES string of the molecule is C[C@@H](Nc1ccc(NC(=O)NC2CC2)cc1)c1ncc(C(C)(C)C)o1. The summed E-state index contributed by atoms with van der Waals surface area (Å²) >= 11 is 0. The number of anilines is 2. The number of amides is 2. The Morgan fingerprint density at radius 2 is 1.84 bits per heavy atom. The summed E-state index contributed by atoms with van der Waals surface area (Å²) in [6.45, 7) is 8.30. The lowest BCUT2D eigenvalue weighted by atomic mass is 9.94. The molecular weight excluding hydrogens is 316 g/mol. The summed E-state index contributed by atoms with van der Waals surface area (Å²) in [5.41, 5.74) is 1.65. The van der Waals surface area contributed by atoms with Gasteiger partial charge in [-0.3, -0.25) is 0 Å². The lowest BCUT2D eigenvalue weighted by Gasteiger charge is -2.15. The van der Waals surface area contributed by atoms with E-state index in [9.17, 15) is 4.79 Å². The third-order valence-corrected chi connectivity index (χ3v) is 4.07. The highest BCUT2D eigenvalue weighted by molar-refractivity contribution is 5.89. The van der Waals surface area contributed by atoms with E-state index in [4.69, 9.17) is 4.42 Å². The lowest BCUT2D eigenvalue weighted by molar-refractivity contribution is 0.251. The average Bonchev–Trinajstić information content (AvgIpc) is 3.18. The largest absolute Gasteiger partial charge is 0.443 e. The summed E-state index contributed by atoms with van der Waals surface area (Å²) in [5.74, 6) is 1.54. The fourth-order valence-electron chi connectivity index (χ4n) is 2.38. The second-order valence-corrected chi connectivity index (χ2v) is 7.63. The third-order valence-electron chi connectivity index (χ3n) is 4.07. The minimum atomic E-state index is -0.147.